The summed E-state index contributed by atoms with van der Waals surface area (Å²) in [5.41, 5.74) is -14.3. The molecule has 0 aromatic heterocycles. The molecule has 0 amide bonds. The molecule has 13 nitrogen and oxygen atoms in total. The summed E-state index contributed by atoms with van der Waals surface area (Å²) in [5.74, 6) is 0. The van der Waals surface area contributed by atoms with Crippen molar-refractivity contribution < 1.29 is 79.6 Å². The normalized spacial score (nSPS) is 12.5. The van der Waals surface area contributed by atoms with Crippen molar-refractivity contribution in [3.8, 4) is 0 Å². The van der Waals surface area contributed by atoms with E-state index in [1.165, 1.54) is 0 Å². The van der Waals surface area contributed by atoms with Gasteiger partial charge in [-0.25, -0.2) is 0 Å². The third-order valence-electron chi connectivity index (χ3n) is 4.08. The summed E-state index contributed by atoms with van der Waals surface area (Å²) in [6.45, 7) is 45.6. The van der Waals surface area contributed by atoms with Gasteiger partial charge in [0, 0.05) is 21.1 Å². The molecule has 0 rings (SSSR count). The zero-order valence-electron chi connectivity index (χ0n) is 44.6. The molecule has 0 unspecified atom stereocenters. The second-order valence-corrected chi connectivity index (χ2v) is 45.9. The van der Waals surface area contributed by atoms with Crippen LogP contribution in [0.3, 0.4) is 0 Å². The van der Waals surface area contributed by atoms with Gasteiger partial charge in [-0.1, -0.05) is 70.8 Å². The van der Waals surface area contributed by atoms with Crippen molar-refractivity contribution in [2.45, 2.75) is 239 Å². The van der Waals surface area contributed by atoms with E-state index in [0.717, 1.165) is 0 Å². The minimum atomic E-state index is -2.39. The Labute approximate surface area is 504 Å². The standard InChI is InChI=1S/6C6H15O2PS2.Mo.OS/c6*1-5(2)7-9(10,11)8-6(3)4;;1-2/h6*5-6H,1-4H3,(H,10,11);;/p-6. The zero-order chi connectivity index (χ0) is 56.4. The molecule has 33 heteroatoms. The van der Waals surface area contributed by atoms with Gasteiger partial charge in [0.15, 0.2) is 12.5 Å². The SMILES string of the molecule is CC(C)OP(=S)([S-])OC(C)C.CC(C)OP(=S)([S-])OC(C)C.CC(C)OP(=S)([S-])OC(C)C.CC(C)OP(=S)([S-])OC(C)C.CC(C)OP(=S)([S-])OC(C)C.CC(C)OP(=S)([S-])OC(C)C.O=S.[Mo]. The molecule has 0 saturated carbocycles. The van der Waals surface area contributed by atoms with Gasteiger partial charge in [0.05, 0.1) is 107 Å². The van der Waals surface area contributed by atoms with Crippen LogP contribution in [0.2, 0.25) is 0 Å². The number of hydrogen-bond donors (Lipinski definition) is 0. The van der Waals surface area contributed by atoms with Gasteiger partial charge >= 0.3 is 0 Å². The predicted octanol–water partition coefficient (Wildman–Crippen LogP) is 15.3. The molecule has 69 heavy (non-hydrogen) atoms. The van der Waals surface area contributed by atoms with E-state index in [9.17, 15) is 0 Å². The van der Waals surface area contributed by atoms with Gasteiger partial charge in [-0.15, -0.1) is 0 Å². The van der Waals surface area contributed by atoms with Crippen LogP contribution in [0, 0.1) is 0 Å². The van der Waals surface area contributed by atoms with Crippen LogP contribution < -0.4 is 0 Å². The molecule has 426 valence electrons. The van der Waals surface area contributed by atoms with Gasteiger partial charge in [-0.05, 0) is 166 Å². The van der Waals surface area contributed by atoms with E-state index in [0.29, 0.717) is 0 Å². The Morgan fingerprint density at radius 3 is 0.290 bits per heavy atom. The van der Waals surface area contributed by atoms with E-state index in [-0.39, 0.29) is 94.3 Å². The van der Waals surface area contributed by atoms with Crippen LogP contribution in [0.5, 0.6) is 0 Å². The van der Waals surface area contributed by atoms with Crippen molar-refractivity contribution in [1.29, 1.82) is 0 Å². The maximum Gasteiger partial charge on any atom is 0.197 e. The summed E-state index contributed by atoms with van der Waals surface area (Å²) < 4.78 is 71.0. The molecule has 0 N–H and O–H groups in total. The topological polar surface area (TPSA) is 128 Å². The Hall–Kier alpha value is 6.23. The molecule has 0 bridgehead atoms. The van der Waals surface area contributed by atoms with Crippen molar-refractivity contribution in [2.24, 2.45) is 0 Å². The largest absolute Gasteiger partial charge is 0.691 e. The Bertz CT molecular complexity index is 1180. The summed E-state index contributed by atoms with van der Waals surface area (Å²) in [6, 6.07) is 0. The van der Waals surface area contributed by atoms with Crippen molar-refractivity contribution in [1.82, 2.24) is 0 Å². The molecule has 0 aliphatic carbocycles. The smallest absolute Gasteiger partial charge is 0.197 e. The maximum atomic E-state index is 7.83. The predicted molar refractivity (Wildman–Crippen MR) is 333 cm³/mol. The van der Waals surface area contributed by atoms with E-state index in [4.69, 9.17) is 203 Å². The monoisotopic (exact) mass is 1420 g/mol. The summed E-state index contributed by atoms with van der Waals surface area (Å²) in [5, 5.41) is 0. The third kappa shape index (κ3) is 88.3. The number of hydrogen-bond acceptors (Lipinski definition) is 26. The van der Waals surface area contributed by atoms with E-state index in [2.05, 4.69) is 12.5 Å². The van der Waals surface area contributed by atoms with Crippen molar-refractivity contribution in [3.63, 3.8) is 0 Å². The molecule has 0 radical (unpaired) electrons. The third-order valence-corrected chi connectivity index (χ3v) is 18.4. The van der Waals surface area contributed by atoms with Gasteiger partial charge in [-0.2, -0.15) is 4.21 Å². The van der Waals surface area contributed by atoms with Crippen molar-refractivity contribution in [3.05, 3.63) is 0 Å². The molecular formula is C36H84MoO13P6S13-6. The van der Waals surface area contributed by atoms with Gasteiger partial charge in [0.25, 0.3) is 0 Å². The van der Waals surface area contributed by atoms with Crippen LogP contribution in [0.1, 0.15) is 166 Å². The fourth-order valence-corrected chi connectivity index (χ4v) is 22.1. The minimum absolute atomic E-state index is 0. The average molecular weight is 1420 g/mol. The molecule has 0 aromatic rings. The molecule has 0 heterocycles. The summed E-state index contributed by atoms with van der Waals surface area (Å²) in [7, 11) is 0. The van der Waals surface area contributed by atoms with Crippen LogP contribution in [0.4, 0.5) is 0 Å². The van der Waals surface area contributed by atoms with Gasteiger partial charge in [0.1, 0.15) is 0 Å². The second-order valence-electron chi connectivity index (χ2n) is 16.5. The first-order chi connectivity index (χ1) is 30.0. The molecular weight excluding hydrogens is 1340 g/mol. The molecule has 0 spiro atoms. The molecule has 0 saturated heterocycles. The van der Waals surface area contributed by atoms with Crippen LogP contribution in [0.15, 0.2) is 0 Å². The summed E-state index contributed by atoms with van der Waals surface area (Å²) >= 11 is 62.6. The van der Waals surface area contributed by atoms with E-state index in [1.807, 2.05) is 166 Å². The molecule has 0 fully saturated rings. The fraction of sp³-hybridized carbons (Fsp3) is 1.00. The minimum Gasteiger partial charge on any atom is -0.691 e. The van der Waals surface area contributed by atoms with Crippen LogP contribution in [-0.2, 0) is 232 Å². The van der Waals surface area contributed by atoms with Crippen LogP contribution >= 0.6 is 34.2 Å². The van der Waals surface area contributed by atoms with Gasteiger partial charge in [0.2, 0.25) is 0 Å². The summed E-state index contributed by atoms with van der Waals surface area (Å²) in [6.07, 6.45) is 0.634. The molecule has 0 aromatic carbocycles. The number of rotatable bonds is 24. The van der Waals surface area contributed by atoms with Crippen LogP contribution in [0.25, 0.3) is 0 Å². The van der Waals surface area contributed by atoms with E-state index >= 15 is 0 Å². The Morgan fingerprint density at radius 2 is 0.261 bits per heavy atom. The zero-order valence-corrected chi connectivity index (χ0v) is 62.6. The first kappa shape index (κ1) is 91.7. The van der Waals surface area contributed by atoms with Crippen molar-refractivity contribution >= 4 is 191 Å². The average Bonchev–Trinajstić information content (AvgIpc) is 2.95. The Kier molecular flexibility index (Phi) is 65.0. The quantitative estimate of drug-likeness (QED) is 0.0516. The Morgan fingerprint density at radius 1 is 0.217 bits per heavy atom. The first-order valence-electron chi connectivity index (χ1n) is 21.2. The Balaban J connectivity index is -0.000000107. The maximum absolute atomic E-state index is 7.83. The fourth-order valence-electron chi connectivity index (χ4n) is 3.25. The van der Waals surface area contributed by atoms with Gasteiger partial charge in [-0.3, -0.25) is 0 Å². The second kappa shape index (κ2) is 48.9. The van der Waals surface area contributed by atoms with Gasteiger partial charge < -0.3 is 128 Å². The van der Waals surface area contributed by atoms with Crippen molar-refractivity contribution in [2.75, 3.05) is 0 Å². The van der Waals surface area contributed by atoms with E-state index < -0.39 is 34.2 Å². The van der Waals surface area contributed by atoms with E-state index in [1.54, 1.807) is 0 Å². The molecule has 0 atom stereocenters. The summed E-state index contributed by atoms with van der Waals surface area (Å²) in [4.78, 5) is 0. The molecule has 0 aliphatic rings. The first-order valence-corrected chi connectivity index (χ1v) is 43.5. The molecule has 0 aliphatic heterocycles. The van der Waals surface area contributed by atoms with Crippen LogP contribution in [-0.4, -0.2) is 77.5 Å².